The molecule has 18 heavy (non-hydrogen) atoms. The summed E-state index contributed by atoms with van der Waals surface area (Å²) in [6.07, 6.45) is 1.40. The molecule has 0 spiro atoms. The molecule has 0 fully saturated rings. The highest BCUT2D eigenvalue weighted by atomic mass is 79.9. The lowest BCUT2D eigenvalue weighted by Crippen LogP contribution is -2.19. The molecule has 0 saturated heterocycles. The monoisotopic (exact) mass is 329 g/mol. The molecular weight excluding hydrogens is 322 g/mol. The molecule has 0 aliphatic rings. The summed E-state index contributed by atoms with van der Waals surface area (Å²) in [6, 6.07) is 5.12. The fraction of sp³-hybridized carbons (Fsp3) is 0.100. The van der Waals surface area contributed by atoms with E-state index in [1.807, 2.05) is 0 Å². The average molecular weight is 331 g/mol. The molecule has 0 radical (unpaired) electrons. The maximum atomic E-state index is 11.7. The molecule has 0 aliphatic heterocycles. The first-order valence-corrected chi connectivity index (χ1v) is 6.11. The predicted octanol–water partition coefficient (Wildman–Crippen LogP) is 1.91. The second-order valence-electron chi connectivity index (χ2n) is 3.48. The highest BCUT2D eigenvalue weighted by molar-refractivity contribution is 9.10. The average Bonchev–Trinajstić information content (AvgIpc) is 2.69. The summed E-state index contributed by atoms with van der Waals surface area (Å²) in [6.45, 7) is 0.0461. The summed E-state index contributed by atoms with van der Waals surface area (Å²) in [5.41, 5.74) is 5.99. The predicted molar refractivity (Wildman–Crippen MR) is 72.2 cm³/mol. The van der Waals surface area contributed by atoms with Crippen LogP contribution in [0, 0.1) is 0 Å². The number of amides is 1. The standard InChI is InChI=1S/C10H9BrClN5O/c11-7-3-6(1-2-8(7)12)15-9(18)4-17-5-14-10(13)16-17/h1-3,5H,4H2,(H2,13,16)(H,15,18). The van der Waals surface area contributed by atoms with Gasteiger partial charge in [0.1, 0.15) is 12.9 Å². The van der Waals surface area contributed by atoms with Gasteiger partial charge in [0.15, 0.2) is 0 Å². The molecule has 3 N–H and O–H groups in total. The van der Waals surface area contributed by atoms with E-state index in [1.54, 1.807) is 18.2 Å². The van der Waals surface area contributed by atoms with Crippen molar-refractivity contribution >= 4 is 45.1 Å². The van der Waals surface area contributed by atoms with Crippen molar-refractivity contribution in [2.24, 2.45) is 0 Å². The van der Waals surface area contributed by atoms with Gasteiger partial charge < -0.3 is 11.1 Å². The van der Waals surface area contributed by atoms with Crippen LogP contribution in [0.1, 0.15) is 0 Å². The lowest BCUT2D eigenvalue weighted by molar-refractivity contribution is -0.116. The van der Waals surface area contributed by atoms with Crippen LogP contribution in [0.25, 0.3) is 0 Å². The molecule has 1 amide bonds. The molecule has 1 aromatic carbocycles. The third-order valence-corrected chi connectivity index (χ3v) is 3.28. The number of nitrogens with two attached hydrogens (primary N) is 1. The zero-order chi connectivity index (χ0) is 13.1. The first kappa shape index (κ1) is 12.8. The normalized spacial score (nSPS) is 10.3. The fourth-order valence-electron chi connectivity index (χ4n) is 1.31. The van der Waals surface area contributed by atoms with Gasteiger partial charge in [-0.2, -0.15) is 0 Å². The molecular formula is C10H9BrClN5O. The zero-order valence-corrected chi connectivity index (χ0v) is 11.4. The third-order valence-electron chi connectivity index (χ3n) is 2.06. The Kier molecular flexibility index (Phi) is 3.83. The quantitative estimate of drug-likeness (QED) is 0.900. The van der Waals surface area contributed by atoms with Gasteiger partial charge in [0.2, 0.25) is 11.9 Å². The summed E-state index contributed by atoms with van der Waals surface area (Å²) in [4.78, 5) is 15.4. The number of halogens is 2. The molecule has 0 aliphatic carbocycles. The number of nitrogens with one attached hydrogen (secondary N) is 1. The molecule has 94 valence electrons. The van der Waals surface area contributed by atoms with Crippen molar-refractivity contribution in [3.63, 3.8) is 0 Å². The van der Waals surface area contributed by atoms with Gasteiger partial charge >= 0.3 is 0 Å². The zero-order valence-electron chi connectivity index (χ0n) is 9.10. The first-order chi connectivity index (χ1) is 8.54. The molecule has 0 atom stereocenters. The Bertz CT molecular complexity index is 585. The van der Waals surface area contributed by atoms with E-state index < -0.39 is 0 Å². The number of carbonyl (C=O) groups is 1. The molecule has 2 aromatic rings. The van der Waals surface area contributed by atoms with Crippen LogP contribution in [0.4, 0.5) is 11.6 Å². The van der Waals surface area contributed by atoms with Crippen LogP contribution in [0.3, 0.4) is 0 Å². The molecule has 1 heterocycles. The SMILES string of the molecule is Nc1ncn(CC(=O)Nc2ccc(Cl)c(Br)c2)n1. The van der Waals surface area contributed by atoms with E-state index in [2.05, 4.69) is 31.3 Å². The van der Waals surface area contributed by atoms with E-state index in [4.69, 9.17) is 17.3 Å². The number of rotatable bonds is 3. The topological polar surface area (TPSA) is 85.8 Å². The maximum Gasteiger partial charge on any atom is 0.246 e. The van der Waals surface area contributed by atoms with Crippen molar-refractivity contribution in [2.45, 2.75) is 6.54 Å². The van der Waals surface area contributed by atoms with Crippen LogP contribution in [0.5, 0.6) is 0 Å². The van der Waals surface area contributed by atoms with Gasteiger partial charge in [-0.05, 0) is 34.1 Å². The minimum Gasteiger partial charge on any atom is -0.367 e. The van der Waals surface area contributed by atoms with Crippen LogP contribution in [-0.4, -0.2) is 20.7 Å². The van der Waals surface area contributed by atoms with Crippen LogP contribution in [0.2, 0.25) is 5.02 Å². The largest absolute Gasteiger partial charge is 0.367 e. The summed E-state index contributed by atoms with van der Waals surface area (Å²) in [5, 5.41) is 7.11. The number of hydrogen-bond donors (Lipinski definition) is 2. The molecule has 2 rings (SSSR count). The number of aromatic nitrogens is 3. The van der Waals surface area contributed by atoms with E-state index >= 15 is 0 Å². The summed E-state index contributed by atoms with van der Waals surface area (Å²) < 4.78 is 2.07. The van der Waals surface area contributed by atoms with Crippen molar-refractivity contribution in [2.75, 3.05) is 11.1 Å². The molecule has 6 nitrogen and oxygen atoms in total. The molecule has 0 bridgehead atoms. The summed E-state index contributed by atoms with van der Waals surface area (Å²) in [7, 11) is 0. The van der Waals surface area contributed by atoms with Gasteiger partial charge in [0, 0.05) is 10.2 Å². The summed E-state index contributed by atoms with van der Waals surface area (Å²) in [5.74, 6) is -0.0915. The highest BCUT2D eigenvalue weighted by Crippen LogP contribution is 2.25. The van der Waals surface area contributed by atoms with Gasteiger partial charge in [-0.15, -0.1) is 5.10 Å². The number of carbonyl (C=O) groups excluding carboxylic acids is 1. The second-order valence-corrected chi connectivity index (χ2v) is 4.74. The number of nitrogens with zero attached hydrogens (tertiary/aromatic N) is 3. The smallest absolute Gasteiger partial charge is 0.246 e. The number of hydrogen-bond acceptors (Lipinski definition) is 4. The summed E-state index contributed by atoms with van der Waals surface area (Å²) >= 11 is 9.13. The Morgan fingerprint density at radius 2 is 2.33 bits per heavy atom. The van der Waals surface area contributed by atoms with Gasteiger partial charge in [-0.1, -0.05) is 11.6 Å². The number of nitrogen functional groups attached to an aromatic ring is 1. The van der Waals surface area contributed by atoms with E-state index in [1.165, 1.54) is 11.0 Å². The van der Waals surface area contributed by atoms with Gasteiger partial charge in [0.05, 0.1) is 5.02 Å². The Morgan fingerprint density at radius 1 is 1.56 bits per heavy atom. The van der Waals surface area contributed by atoms with Gasteiger partial charge in [-0.3, -0.25) is 4.79 Å². The Morgan fingerprint density at radius 3 is 2.94 bits per heavy atom. The minimum atomic E-state index is -0.228. The second kappa shape index (κ2) is 5.36. The van der Waals surface area contributed by atoms with E-state index in [-0.39, 0.29) is 18.4 Å². The Hall–Kier alpha value is -1.60. The Labute approximate surface area is 116 Å². The van der Waals surface area contributed by atoms with E-state index in [9.17, 15) is 4.79 Å². The fourth-order valence-corrected chi connectivity index (χ4v) is 1.80. The van der Waals surface area contributed by atoms with Crippen molar-refractivity contribution < 1.29 is 4.79 Å². The third kappa shape index (κ3) is 3.21. The number of benzene rings is 1. The lowest BCUT2D eigenvalue weighted by atomic mass is 10.3. The number of anilines is 2. The van der Waals surface area contributed by atoms with Crippen LogP contribution < -0.4 is 11.1 Å². The highest BCUT2D eigenvalue weighted by Gasteiger charge is 2.06. The van der Waals surface area contributed by atoms with Crippen LogP contribution in [0.15, 0.2) is 29.0 Å². The first-order valence-electron chi connectivity index (χ1n) is 4.94. The minimum absolute atomic E-state index is 0.0461. The molecule has 0 saturated carbocycles. The Balaban J connectivity index is 2.00. The maximum absolute atomic E-state index is 11.7. The molecule has 0 unspecified atom stereocenters. The van der Waals surface area contributed by atoms with Gasteiger partial charge in [0.25, 0.3) is 0 Å². The molecule has 1 aromatic heterocycles. The molecule has 8 heteroatoms. The van der Waals surface area contributed by atoms with E-state index in [0.717, 1.165) is 0 Å². The van der Waals surface area contributed by atoms with Crippen molar-refractivity contribution in [1.29, 1.82) is 0 Å². The van der Waals surface area contributed by atoms with E-state index in [0.29, 0.717) is 15.2 Å². The lowest BCUT2D eigenvalue weighted by Gasteiger charge is -2.06. The van der Waals surface area contributed by atoms with Crippen molar-refractivity contribution in [1.82, 2.24) is 14.8 Å². The van der Waals surface area contributed by atoms with Gasteiger partial charge in [-0.25, -0.2) is 9.67 Å². The van der Waals surface area contributed by atoms with Crippen molar-refractivity contribution in [3.8, 4) is 0 Å². The van der Waals surface area contributed by atoms with Crippen LogP contribution in [-0.2, 0) is 11.3 Å². The van der Waals surface area contributed by atoms with Crippen molar-refractivity contribution in [3.05, 3.63) is 34.0 Å². The van der Waals surface area contributed by atoms with Crippen LogP contribution >= 0.6 is 27.5 Å².